The predicted molar refractivity (Wildman–Crippen MR) is 60.9 cm³/mol. The number of piperidine rings is 1. The van der Waals surface area contributed by atoms with Crippen LogP contribution >= 0.6 is 0 Å². The van der Waals surface area contributed by atoms with E-state index in [1.54, 1.807) is 12.1 Å². The number of benzene rings is 1. The number of amides is 2. The molecule has 1 aliphatic rings. The predicted octanol–water partition coefficient (Wildman–Crippen LogP) is 2.09. The fourth-order valence-electron chi connectivity index (χ4n) is 1.94. The summed E-state index contributed by atoms with van der Waals surface area (Å²) in [4.78, 5) is 25.1. The van der Waals surface area contributed by atoms with Crippen LogP contribution in [-0.2, 0) is 4.79 Å². The molecule has 1 aliphatic heterocycles. The Morgan fingerprint density at radius 1 is 1.31 bits per heavy atom. The molecule has 0 aliphatic carbocycles. The molecule has 2 rings (SSSR count). The zero-order valence-corrected chi connectivity index (χ0v) is 9.35. The molecule has 84 valence electrons. The number of likely N-dealkylation sites (tertiary alicyclic amines) is 1. The fourth-order valence-corrected chi connectivity index (χ4v) is 1.94. The van der Waals surface area contributed by atoms with Gasteiger partial charge >= 0.3 is 0 Å². The monoisotopic (exact) mass is 217 g/mol. The summed E-state index contributed by atoms with van der Waals surface area (Å²) in [5.41, 5.74) is 0.588. The topological polar surface area (TPSA) is 37.4 Å². The summed E-state index contributed by atoms with van der Waals surface area (Å²) in [5, 5.41) is 0. The van der Waals surface area contributed by atoms with Crippen LogP contribution in [0.2, 0.25) is 0 Å². The minimum absolute atomic E-state index is 0.0491. The first-order valence-electron chi connectivity index (χ1n) is 5.58. The maximum atomic E-state index is 12.1. The number of rotatable bonds is 1. The Labute approximate surface area is 95.1 Å². The van der Waals surface area contributed by atoms with Crippen molar-refractivity contribution < 1.29 is 9.59 Å². The number of carbonyl (C=O) groups is 2. The van der Waals surface area contributed by atoms with Crippen LogP contribution in [0, 0.1) is 5.92 Å². The molecule has 1 fully saturated rings. The zero-order chi connectivity index (χ0) is 11.5. The van der Waals surface area contributed by atoms with Crippen LogP contribution in [-0.4, -0.2) is 23.3 Å². The number of nitrogens with zero attached hydrogens (tertiary/aromatic N) is 1. The minimum atomic E-state index is -0.169. The molecule has 0 bridgehead atoms. The second kappa shape index (κ2) is 4.47. The Morgan fingerprint density at radius 3 is 2.69 bits per heavy atom. The lowest BCUT2D eigenvalue weighted by atomic mass is 9.99. The molecule has 0 N–H and O–H groups in total. The van der Waals surface area contributed by atoms with Gasteiger partial charge < -0.3 is 0 Å². The molecule has 2 amide bonds. The molecular formula is C13H15NO2. The Kier molecular flexibility index (Phi) is 3.04. The normalized spacial score (nSPS) is 20.9. The van der Waals surface area contributed by atoms with Crippen LogP contribution < -0.4 is 0 Å². The molecule has 1 heterocycles. The lowest BCUT2D eigenvalue weighted by Crippen LogP contribution is -2.43. The van der Waals surface area contributed by atoms with Crippen molar-refractivity contribution in [1.29, 1.82) is 0 Å². The smallest absolute Gasteiger partial charge is 0.260 e. The van der Waals surface area contributed by atoms with Gasteiger partial charge in [0.1, 0.15) is 0 Å². The van der Waals surface area contributed by atoms with Crippen LogP contribution in [0.15, 0.2) is 30.3 Å². The van der Waals surface area contributed by atoms with E-state index in [0.717, 1.165) is 6.42 Å². The van der Waals surface area contributed by atoms with Gasteiger partial charge in [0.25, 0.3) is 5.91 Å². The quantitative estimate of drug-likeness (QED) is 0.675. The van der Waals surface area contributed by atoms with Gasteiger partial charge in [0.15, 0.2) is 0 Å². The summed E-state index contributed by atoms with van der Waals surface area (Å²) in [6.45, 7) is 2.62. The van der Waals surface area contributed by atoms with Crippen molar-refractivity contribution in [2.24, 2.45) is 5.92 Å². The molecule has 1 aromatic rings. The van der Waals surface area contributed by atoms with Gasteiger partial charge in [-0.3, -0.25) is 14.5 Å². The summed E-state index contributed by atoms with van der Waals surface area (Å²) in [6.07, 6.45) is 1.37. The first-order valence-corrected chi connectivity index (χ1v) is 5.58. The molecule has 1 unspecified atom stereocenters. The largest absolute Gasteiger partial charge is 0.278 e. The van der Waals surface area contributed by atoms with E-state index < -0.39 is 0 Å². The van der Waals surface area contributed by atoms with Crippen molar-refractivity contribution in [3.63, 3.8) is 0 Å². The van der Waals surface area contributed by atoms with Gasteiger partial charge in [-0.2, -0.15) is 0 Å². The van der Waals surface area contributed by atoms with Crippen molar-refractivity contribution in [2.75, 3.05) is 6.54 Å². The van der Waals surface area contributed by atoms with Crippen LogP contribution in [0.3, 0.4) is 0 Å². The summed E-state index contributed by atoms with van der Waals surface area (Å²) >= 11 is 0. The Bertz CT molecular complexity index is 400. The van der Waals surface area contributed by atoms with E-state index in [9.17, 15) is 9.59 Å². The van der Waals surface area contributed by atoms with Crippen molar-refractivity contribution in [2.45, 2.75) is 19.8 Å². The summed E-state index contributed by atoms with van der Waals surface area (Å²) < 4.78 is 0. The third-order valence-electron chi connectivity index (χ3n) is 2.91. The summed E-state index contributed by atoms with van der Waals surface area (Å²) in [7, 11) is 0. The second-order valence-corrected chi connectivity index (χ2v) is 4.32. The molecule has 0 aromatic heterocycles. The van der Waals surface area contributed by atoms with E-state index in [2.05, 4.69) is 6.92 Å². The molecule has 1 aromatic carbocycles. The molecule has 1 atom stereocenters. The molecule has 3 nitrogen and oxygen atoms in total. The molecule has 1 saturated heterocycles. The molecule has 0 radical (unpaired) electrons. The van der Waals surface area contributed by atoms with E-state index in [0.29, 0.717) is 24.4 Å². The molecular weight excluding hydrogens is 202 g/mol. The summed E-state index contributed by atoms with van der Waals surface area (Å²) in [5.74, 6) is 0.189. The Morgan fingerprint density at radius 2 is 2.00 bits per heavy atom. The van der Waals surface area contributed by atoms with E-state index in [1.165, 1.54) is 4.90 Å². The Hall–Kier alpha value is -1.64. The average Bonchev–Trinajstić information content (AvgIpc) is 2.32. The first kappa shape index (κ1) is 10.9. The lowest BCUT2D eigenvalue weighted by Gasteiger charge is -2.29. The van der Waals surface area contributed by atoms with Gasteiger partial charge in [-0.05, 0) is 24.5 Å². The van der Waals surface area contributed by atoms with E-state index in [1.807, 2.05) is 18.2 Å². The fraction of sp³-hybridized carbons (Fsp3) is 0.385. The van der Waals surface area contributed by atoms with Crippen molar-refractivity contribution in [1.82, 2.24) is 4.90 Å². The zero-order valence-electron chi connectivity index (χ0n) is 9.35. The standard InChI is InChI=1S/C13H15NO2/c1-10-7-8-12(15)14(9-10)13(16)11-5-3-2-4-6-11/h2-6,10H,7-9H2,1H3. The minimum Gasteiger partial charge on any atom is -0.278 e. The molecule has 16 heavy (non-hydrogen) atoms. The van der Waals surface area contributed by atoms with E-state index >= 15 is 0 Å². The van der Waals surface area contributed by atoms with Crippen LogP contribution in [0.5, 0.6) is 0 Å². The van der Waals surface area contributed by atoms with Gasteiger partial charge in [0, 0.05) is 18.5 Å². The van der Waals surface area contributed by atoms with Crippen LogP contribution in [0.1, 0.15) is 30.1 Å². The highest BCUT2D eigenvalue weighted by Gasteiger charge is 2.28. The Balaban J connectivity index is 2.18. The number of imide groups is 1. The van der Waals surface area contributed by atoms with E-state index in [-0.39, 0.29) is 11.8 Å². The molecule has 0 saturated carbocycles. The molecule has 3 heteroatoms. The number of carbonyl (C=O) groups excluding carboxylic acids is 2. The second-order valence-electron chi connectivity index (χ2n) is 4.32. The SMILES string of the molecule is CC1CCC(=O)N(C(=O)c2ccccc2)C1. The van der Waals surface area contributed by atoms with Gasteiger partial charge in [0.05, 0.1) is 0 Å². The highest BCUT2D eigenvalue weighted by atomic mass is 16.2. The first-order chi connectivity index (χ1) is 7.68. The van der Waals surface area contributed by atoms with Crippen molar-refractivity contribution in [3.05, 3.63) is 35.9 Å². The van der Waals surface area contributed by atoms with Crippen molar-refractivity contribution >= 4 is 11.8 Å². The maximum absolute atomic E-state index is 12.1. The summed E-state index contributed by atoms with van der Waals surface area (Å²) in [6, 6.07) is 8.97. The van der Waals surface area contributed by atoms with Gasteiger partial charge in [-0.25, -0.2) is 0 Å². The van der Waals surface area contributed by atoms with Crippen LogP contribution in [0.25, 0.3) is 0 Å². The van der Waals surface area contributed by atoms with E-state index in [4.69, 9.17) is 0 Å². The number of hydrogen-bond acceptors (Lipinski definition) is 2. The maximum Gasteiger partial charge on any atom is 0.260 e. The lowest BCUT2D eigenvalue weighted by molar-refractivity contribution is -0.131. The highest BCUT2D eigenvalue weighted by Crippen LogP contribution is 2.18. The van der Waals surface area contributed by atoms with Gasteiger partial charge in [-0.1, -0.05) is 25.1 Å². The molecule has 0 spiro atoms. The van der Waals surface area contributed by atoms with Gasteiger partial charge in [0.2, 0.25) is 5.91 Å². The van der Waals surface area contributed by atoms with Crippen molar-refractivity contribution in [3.8, 4) is 0 Å². The number of hydrogen-bond donors (Lipinski definition) is 0. The third-order valence-corrected chi connectivity index (χ3v) is 2.91. The van der Waals surface area contributed by atoms with Gasteiger partial charge in [-0.15, -0.1) is 0 Å². The third kappa shape index (κ3) is 2.13. The van der Waals surface area contributed by atoms with Crippen LogP contribution in [0.4, 0.5) is 0 Å². The average molecular weight is 217 g/mol. The highest BCUT2D eigenvalue weighted by molar-refractivity contribution is 6.04.